The molecule has 0 radical (unpaired) electrons. The molecule has 0 fully saturated rings. The molecule has 2 aromatic heterocycles. The molecule has 1 aromatic carbocycles. The van der Waals surface area contributed by atoms with Gasteiger partial charge in [0.1, 0.15) is 5.82 Å². The van der Waals surface area contributed by atoms with Gasteiger partial charge >= 0.3 is 0 Å². The lowest BCUT2D eigenvalue weighted by Crippen LogP contribution is -2.19. The molecule has 3 aromatic rings. The number of nitrogens with zero attached hydrogens (tertiary/aromatic N) is 4. The highest BCUT2D eigenvalue weighted by molar-refractivity contribution is 5.59. The third kappa shape index (κ3) is 3.87. The fourth-order valence-electron chi connectivity index (χ4n) is 2.51. The van der Waals surface area contributed by atoms with E-state index in [9.17, 15) is 0 Å². The van der Waals surface area contributed by atoms with Crippen molar-refractivity contribution >= 4 is 17.5 Å². The van der Waals surface area contributed by atoms with Gasteiger partial charge in [-0.25, -0.2) is 4.98 Å². The first kappa shape index (κ1) is 15.9. The van der Waals surface area contributed by atoms with Crippen LogP contribution in [0.2, 0.25) is 0 Å². The Balaban J connectivity index is 1.78. The quantitative estimate of drug-likeness (QED) is 0.745. The van der Waals surface area contributed by atoms with Crippen molar-refractivity contribution in [2.24, 2.45) is 0 Å². The largest absolute Gasteiger partial charge is 0.366 e. The maximum atomic E-state index is 4.65. The molecule has 0 amide bonds. The maximum absolute atomic E-state index is 4.65. The molecule has 5 heteroatoms. The van der Waals surface area contributed by atoms with Crippen molar-refractivity contribution < 1.29 is 0 Å². The standard InChI is InChI=1S/C19H21N5/c1-3-24(17-8-4-6-15(2)12-17)19-21-11-9-18(23-19)22-14-16-7-5-10-20-13-16/h4-13H,3,14H2,1-2H3,(H,21,22,23). The van der Waals surface area contributed by atoms with Crippen molar-refractivity contribution in [3.63, 3.8) is 0 Å². The first-order valence-electron chi connectivity index (χ1n) is 8.06. The zero-order chi connectivity index (χ0) is 16.8. The molecular formula is C19H21N5. The van der Waals surface area contributed by atoms with Crippen LogP contribution in [0.25, 0.3) is 0 Å². The van der Waals surface area contributed by atoms with Gasteiger partial charge < -0.3 is 10.2 Å². The first-order valence-corrected chi connectivity index (χ1v) is 8.06. The fourth-order valence-corrected chi connectivity index (χ4v) is 2.51. The fraction of sp³-hybridized carbons (Fsp3) is 0.211. The Morgan fingerprint density at radius 2 is 2.00 bits per heavy atom. The van der Waals surface area contributed by atoms with E-state index in [4.69, 9.17) is 0 Å². The Morgan fingerprint density at radius 1 is 1.08 bits per heavy atom. The molecule has 0 bridgehead atoms. The lowest BCUT2D eigenvalue weighted by Gasteiger charge is -2.21. The zero-order valence-electron chi connectivity index (χ0n) is 14.0. The normalized spacial score (nSPS) is 10.4. The smallest absolute Gasteiger partial charge is 0.231 e. The van der Waals surface area contributed by atoms with Gasteiger partial charge in [0, 0.05) is 37.4 Å². The summed E-state index contributed by atoms with van der Waals surface area (Å²) in [6, 6.07) is 14.2. The van der Waals surface area contributed by atoms with E-state index < -0.39 is 0 Å². The van der Waals surface area contributed by atoms with Gasteiger partial charge in [-0.3, -0.25) is 4.98 Å². The second-order valence-electron chi connectivity index (χ2n) is 5.54. The summed E-state index contributed by atoms with van der Waals surface area (Å²) >= 11 is 0. The van der Waals surface area contributed by atoms with Gasteiger partial charge in [0.05, 0.1) is 0 Å². The van der Waals surface area contributed by atoms with Crippen LogP contribution >= 0.6 is 0 Å². The number of rotatable bonds is 6. The lowest BCUT2D eigenvalue weighted by molar-refractivity contribution is 0.941. The summed E-state index contributed by atoms with van der Waals surface area (Å²) in [5, 5.41) is 3.33. The topological polar surface area (TPSA) is 53.9 Å². The van der Waals surface area contributed by atoms with Crippen molar-refractivity contribution in [1.82, 2.24) is 15.0 Å². The molecule has 0 aliphatic carbocycles. The van der Waals surface area contributed by atoms with Crippen LogP contribution in [0.15, 0.2) is 61.1 Å². The molecule has 0 atom stereocenters. The van der Waals surface area contributed by atoms with E-state index in [-0.39, 0.29) is 0 Å². The highest BCUT2D eigenvalue weighted by Gasteiger charge is 2.11. The number of aryl methyl sites for hydroxylation is 1. The van der Waals surface area contributed by atoms with Crippen molar-refractivity contribution in [3.05, 3.63) is 72.2 Å². The number of benzene rings is 1. The lowest BCUT2D eigenvalue weighted by atomic mass is 10.2. The van der Waals surface area contributed by atoms with Gasteiger partial charge in [0.15, 0.2) is 0 Å². The van der Waals surface area contributed by atoms with Crippen LogP contribution < -0.4 is 10.2 Å². The van der Waals surface area contributed by atoms with Crippen LogP contribution in [0.3, 0.4) is 0 Å². The van der Waals surface area contributed by atoms with E-state index in [2.05, 4.69) is 63.3 Å². The van der Waals surface area contributed by atoms with Crippen LogP contribution in [0.4, 0.5) is 17.5 Å². The third-order valence-corrected chi connectivity index (χ3v) is 3.71. The Hall–Kier alpha value is -2.95. The van der Waals surface area contributed by atoms with E-state index in [1.54, 1.807) is 12.4 Å². The monoisotopic (exact) mass is 319 g/mol. The second-order valence-corrected chi connectivity index (χ2v) is 5.54. The van der Waals surface area contributed by atoms with Crippen molar-refractivity contribution in [2.45, 2.75) is 20.4 Å². The molecule has 3 rings (SSSR count). The Morgan fingerprint density at radius 3 is 2.75 bits per heavy atom. The summed E-state index contributed by atoms with van der Waals surface area (Å²) in [7, 11) is 0. The van der Waals surface area contributed by atoms with Gasteiger partial charge in [0.25, 0.3) is 0 Å². The molecule has 0 saturated carbocycles. The summed E-state index contributed by atoms with van der Waals surface area (Å²) in [5.74, 6) is 1.49. The molecule has 1 N–H and O–H groups in total. The Labute approximate surface area is 142 Å². The van der Waals surface area contributed by atoms with Gasteiger partial charge in [-0.05, 0) is 49.2 Å². The second kappa shape index (κ2) is 7.55. The predicted octanol–water partition coefficient (Wildman–Crippen LogP) is 3.95. The molecule has 0 spiro atoms. The molecule has 0 unspecified atom stereocenters. The number of hydrogen-bond donors (Lipinski definition) is 1. The van der Waals surface area contributed by atoms with Gasteiger partial charge in [-0.15, -0.1) is 0 Å². The van der Waals surface area contributed by atoms with E-state index in [0.29, 0.717) is 12.5 Å². The summed E-state index contributed by atoms with van der Waals surface area (Å²) in [6.07, 6.45) is 5.40. The van der Waals surface area contributed by atoms with E-state index >= 15 is 0 Å². The van der Waals surface area contributed by atoms with Crippen LogP contribution in [0, 0.1) is 6.92 Å². The number of pyridine rings is 1. The summed E-state index contributed by atoms with van der Waals surface area (Å²) < 4.78 is 0. The van der Waals surface area contributed by atoms with Crippen molar-refractivity contribution in [1.29, 1.82) is 0 Å². The minimum absolute atomic E-state index is 0.681. The van der Waals surface area contributed by atoms with Crippen LogP contribution in [0.5, 0.6) is 0 Å². The minimum atomic E-state index is 0.681. The van der Waals surface area contributed by atoms with Crippen LogP contribution in [0.1, 0.15) is 18.1 Å². The van der Waals surface area contributed by atoms with Crippen LogP contribution in [-0.2, 0) is 6.54 Å². The van der Waals surface area contributed by atoms with Gasteiger partial charge in [-0.2, -0.15) is 4.98 Å². The van der Waals surface area contributed by atoms with E-state index in [0.717, 1.165) is 23.6 Å². The average Bonchev–Trinajstić information content (AvgIpc) is 2.62. The molecule has 0 aliphatic heterocycles. The minimum Gasteiger partial charge on any atom is -0.366 e. The molecule has 2 heterocycles. The molecule has 5 nitrogen and oxygen atoms in total. The maximum Gasteiger partial charge on any atom is 0.231 e. The summed E-state index contributed by atoms with van der Waals surface area (Å²) in [6.45, 7) is 5.67. The highest BCUT2D eigenvalue weighted by Crippen LogP contribution is 2.23. The molecular weight excluding hydrogens is 298 g/mol. The number of hydrogen-bond acceptors (Lipinski definition) is 5. The summed E-state index contributed by atoms with van der Waals surface area (Å²) in [4.78, 5) is 15.3. The van der Waals surface area contributed by atoms with Gasteiger partial charge in [0.2, 0.25) is 5.95 Å². The zero-order valence-corrected chi connectivity index (χ0v) is 14.0. The van der Waals surface area contributed by atoms with E-state index in [1.807, 2.05) is 24.4 Å². The summed E-state index contributed by atoms with van der Waals surface area (Å²) in [5.41, 5.74) is 3.43. The number of nitrogens with one attached hydrogen (secondary N) is 1. The van der Waals surface area contributed by atoms with Gasteiger partial charge in [-0.1, -0.05) is 18.2 Å². The predicted molar refractivity (Wildman–Crippen MR) is 97.5 cm³/mol. The molecule has 24 heavy (non-hydrogen) atoms. The molecule has 0 saturated heterocycles. The number of aromatic nitrogens is 3. The Bertz CT molecular complexity index is 789. The SMILES string of the molecule is CCN(c1cccc(C)c1)c1nccc(NCc2cccnc2)n1. The third-order valence-electron chi connectivity index (χ3n) is 3.71. The Kier molecular flexibility index (Phi) is 5.01. The first-order chi connectivity index (χ1) is 11.8. The van der Waals surface area contributed by atoms with Crippen molar-refractivity contribution in [2.75, 3.05) is 16.8 Å². The molecule has 122 valence electrons. The van der Waals surface area contributed by atoms with Crippen LogP contribution in [-0.4, -0.2) is 21.5 Å². The molecule has 0 aliphatic rings. The average molecular weight is 319 g/mol. The number of anilines is 3. The highest BCUT2D eigenvalue weighted by atomic mass is 15.3. The van der Waals surface area contributed by atoms with E-state index in [1.165, 1.54) is 5.56 Å². The van der Waals surface area contributed by atoms with Crippen molar-refractivity contribution in [3.8, 4) is 0 Å².